The molecular formula is C25H19ClN2O2S. The molecule has 0 radical (unpaired) electrons. The molecule has 0 aromatic heterocycles. The van der Waals surface area contributed by atoms with Gasteiger partial charge in [0.2, 0.25) is 5.91 Å². The predicted molar refractivity (Wildman–Crippen MR) is 127 cm³/mol. The number of amides is 2. The van der Waals surface area contributed by atoms with Crippen molar-refractivity contribution in [1.29, 1.82) is 0 Å². The van der Waals surface area contributed by atoms with E-state index < -0.39 is 0 Å². The highest BCUT2D eigenvalue weighted by Crippen LogP contribution is 2.35. The van der Waals surface area contributed by atoms with Gasteiger partial charge in [0.15, 0.2) is 0 Å². The number of carbonyl (C=O) groups is 2. The number of halogens is 1. The zero-order valence-corrected chi connectivity index (χ0v) is 18.0. The van der Waals surface area contributed by atoms with Crippen molar-refractivity contribution in [1.82, 2.24) is 5.32 Å². The van der Waals surface area contributed by atoms with E-state index in [1.54, 1.807) is 18.2 Å². The lowest BCUT2D eigenvalue weighted by Gasteiger charge is -2.12. The van der Waals surface area contributed by atoms with Gasteiger partial charge in [0.25, 0.3) is 5.91 Å². The zero-order chi connectivity index (χ0) is 21.6. The second-order valence-corrected chi connectivity index (χ2v) is 8.36. The minimum atomic E-state index is -0.314. The number of rotatable bonds is 6. The molecule has 4 rings (SSSR count). The van der Waals surface area contributed by atoms with Gasteiger partial charge in [-0.1, -0.05) is 78.0 Å². The maximum atomic E-state index is 12.7. The number of hydrogen-bond acceptors (Lipinski definition) is 3. The molecule has 0 spiro atoms. The SMILES string of the molecule is O=C(CNC(=O)c1cccc2ccccc12)Nc1ccc(Cl)cc1Sc1ccccc1. The lowest BCUT2D eigenvalue weighted by Crippen LogP contribution is -2.33. The summed E-state index contributed by atoms with van der Waals surface area (Å²) in [7, 11) is 0. The molecule has 0 aliphatic rings. The first kappa shape index (κ1) is 21.0. The van der Waals surface area contributed by atoms with Gasteiger partial charge in [-0.25, -0.2) is 0 Å². The third-order valence-corrected chi connectivity index (χ3v) is 5.93. The van der Waals surface area contributed by atoms with Crippen LogP contribution in [0.2, 0.25) is 5.02 Å². The summed E-state index contributed by atoms with van der Waals surface area (Å²) in [5.41, 5.74) is 1.18. The van der Waals surface area contributed by atoms with E-state index in [0.717, 1.165) is 20.6 Å². The minimum Gasteiger partial charge on any atom is -0.343 e. The van der Waals surface area contributed by atoms with Crippen LogP contribution in [0, 0.1) is 0 Å². The number of anilines is 1. The van der Waals surface area contributed by atoms with Gasteiger partial charge >= 0.3 is 0 Å². The monoisotopic (exact) mass is 446 g/mol. The number of nitrogens with one attached hydrogen (secondary N) is 2. The Morgan fingerprint density at radius 2 is 1.58 bits per heavy atom. The number of fused-ring (bicyclic) bond motifs is 1. The van der Waals surface area contributed by atoms with Crippen molar-refractivity contribution in [2.24, 2.45) is 0 Å². The van der Waals surface area contributed by atoms with E-state index in [0.29, 0.717) is 16.3 Å². The van der Waals surface area contributed by atoms with Gasteiger partial charge < -0.3 is 10.6 Å². The lowest BCUT2D eigenvalue weighted by molar-refractivity contribution is -0.115. The van der Waals surface area contributed by atoms with Crippen molar-refractivity contribution >= 4 is 51.6 Å². The standard InChI is InChI=1S/C25H19ClN2O2S/c26-18-13-14-22(23(15-18)31-19-9-2-1-3-10-19)28-24(29)16-27-25(30)21-12-6-8-17-7-4-5-11-20(17)21/h1-15H,16H2,(H,27,30)(H,28,29). The van der Waals surface area contributed by atoms with Crippen LogP contribution in [0.25, 0.3) is 10.8 Å². The fraction of sp³-hybridized carbons (Fsp3) is 0.0400. The van der Waals surface area contributed by atoms with E-state index in [2.05, 4.69) is 10.6 Å². The summed E-state index contributed by atoms with van der Waals surface area (Å²) in [6.45, 7) is -0.139. The molecule has 4 nitrogen and oxygen atoms in total. The predicted octanol–water partition coefficient (Wildman–Crippen LogP) is 6.01. The van der Waals surface area contributed by atoms with E-state index in [-0.39, 0.29) is 18.4 Å². The summed E-state index contributed by atoms with van der Waals surface area (Å²) in [5, 5.41) is 7.99. The van der Waals surface area contributed by atoms with Crippen molar-refractivity contribution in [3.05, 3.63) is 102 Å². The summed E-state index contributed by atoms with van der Waals surface area (Å²) in [6.07, 6.45) is 0. The first-order chi connectivity index (χ1) is 15.1. The highest BCUT2D eigenvalue weighted by molar-refractivity contribution is 7.99. The van der Waals surface area contributed by atoms with Crippen molar-refractivity contribution in [3.8, 4) is 0 Å². The molecule has 0 saturated carbocycles. The van der Waals surface area contributed by atoms with Crippen LogP contribution in [0.15, 0.2) is 101 Å². The van der Waals surface area contributed by atoms with E-state index >= 15 is 0 Å². The van der Waals surface area contributed by atoms with Crippen molar-refractivity contribution in [3.63, 3.8) is 0 Å². The molecule has 0 bridgehead atoms. The molecule has 2 amide bonds. The summed E-state index contributed by atoms with van der Waals surface area (Å²) in [5.74, 6) is -0.604. The first-order valence-electron chi connectivity index (χ1n) is 9.68. The Labute approximate surface area is 189 Å². The molecule has 6 heteroatoms. The lowest BCUT2D eigenvalue weighted by atomic mass is 10.0. The molecule has 0 unspecified atom stereocenters. The summed E-state index contributed by atoms with van der Waals surface area (Å²) in [4.78, 5) is 27.0. The summed E-state index contributed by atoms with van der Waals surface area (Å²) in [6, 6.07) is 28.3. The van der Waals surface area contributed by atoms with Crippen molar-refractivity contribution < 1.29 is 9.59 Å². The maximum absolute atomic E-state index is 12.7. The van der Waals surface area contributed by atoms with Gasteiger partial charge in [-0.2, -0.15) is 0 Å². The molecule has 31 heavy (non-hydrogen) atoms. The van der Waals surface area contributed by atoms with Crippen molar-refractivity contribution in [2.75, 3.05) is 11.9 Å². The zero-order valence-electron chi connectivity index (χ0n) is 16.5. The molecule has 154 valence electrons. The Hall–Kier alpha value is -3.28. The molecule has 0 atom stereocenters. The van der Waals surface area contributed by atoms with Gasteiger partial charge in [-0.3, -0.25) is 9.59 Å². The van der Waals surface area contributed by atoms with Gasteiger partial charge in [-0.05, 0) is 47.2 Å². The second-order valence-electron chi connectivity index (χ2n) is 6.81. The van der Waals surface area contributed by atoms with Gasteiger partial charge in [0.05, 0.1) is 12.2 Å². The number of hydrogen-bond donors (Lipinski definition) is 2. The maximum Gasteiger partial charge on any atom is 0.252 e. The van der Waals surface area contributed by atoms with E-state index in [4.69, 9.17) is 11.6 Å². The normalized spacial score (nSPS) is 10.6. The molecule has 0 saturated heterocycles. The van der Waals surface area contributed by atoms with Crippen molar-refractivity contribution in [2.45, 2.75) is 9.79 Å². The topological polar surface area (TPSA) is 58.2 Å². The van der Waals surface area contributed by atoms with Gasteiger partial charge in [0, 0.05) is 20.4 Å². The third kappa shape index (κ3) is 5.26. The molecular weight excluding hydrogens is 428 g/mol. The van der Waals surface area contributed by atoms with Crippen LogP contribution in [0.1, 0.15) is 10.4 Å². The van der Waals surface area contributed by atoms with Crippen LogP contribution >= 0.6 is 23.4 Å². The average Bonchev–Trinajstić information content (AvgIpc) is 2.79. The van der Waals surface area contributed by atoms with E-state index in [1.165, 1.54) is 11.8 Å². The second kappa shape index (κ2) is 9.69. The highest BCUT2D eigenvalue weighted by atomic mass is 35.5. The van der Waals surface area contributed by atoms with Crippen LogP contribution in [-0.2, 0) is 4.79 Å². The molecule has 0 fully saturated rings. The number of benzene rings is 4. The Morgan fingerprint density at radius 1 is 0.839 bits per heavy atom. The smallest absolute Gasteiger partial charge is 0.252 e. The summed E-state index contributed by atoms with van der Waals surface area (Å²) < 4.78 is 0. The Kier molecular flexibility index (Phi) is 6.55. The Bertz CT molecular complexity index is 1240. The highest BCUT2D eigenvalue weighted by Gasteiger charge is 2.13. The Morgan fingerprint density at radius 3 is 2.42 bits per heavy atom. The quantitative estimate of drug-likeness (QED) is 0.381. The molecule has 4 aromatic carbocycles. The molecule has 4 aromatic rings. The number of carbonyl (C=O) groups excluding carboxylic acids is 2. The third-order valence-electron chi connectivity index (χ3n) is 4.63. The van der Waals surface area contributed by atoms with Crippen LogP contribution in [0.3, 0.4) is 0 Å². The van der Waals surface area contributed by atoms with Crippen LogP contribution < -0.4 is 10.6 Å². The largest absolute Gasteiger partial charge is 0.343 e. The minimum absolute atomic E-state index is 0.139. The summed E-state index contributed by atoms with van der Waals surface area (Å²) >= 11 is 7.66. The molecule has 0 heterocycles. The van der Waals surface area contributed by atoms with Crippen LogP contribution in [0.5, 0.6) is 0 Å². The fourth-order valence-electron chi connectivity index (χ4n) is 3.17. The van der Waals surface area contributed by atoms with Crippen LogP contribution in [0.4, 0.5) is 5.69 Å². The first-order valence-corrected chi connectivity index (χ1v) is 10.9. The Balaban J connectivity index is 1.44. The van der Waals surface area contributed by atoms with E-state index in [1.807, 2.05) is 72.8 Å². The van der Waals surface area contributed by atoms with Crippen LogP contribution in [-0.4, -0.2) is 18.4 Å². The molecule has 0 aliphatic carbocycles. The van der Waals surface area contributed by atoms with Gasteiger partial charge in [0.1, 0.15) is 0 Å². The molecule has 0 aliphatic heterocycles. The van der Waals surface area contributed by atoms with E-state index in [9.17, 15) is 9.59 Å². The fourth-order valence-corrected chi connectivity index (χ4v) is 4.37. The van der Waals surface area contributed by atoms with Gasteiger partial charge in [-0.15, -0.1) is 0 Å². The average molecular weight is 447 g/mol. The molecule has 2 N–H and O–H groups in total.